The third-order valence-corrected chi connectivity index (χ3v) is 5.00. The highest BCUT2D eigenvalue weighted by Crippen LogP contribution is 2.30. The smallest absolute Gasteiger partial charge is 0.251 e. The van der Waals surface area contributed by atoms with Crippen molar-refractivity contribution in [3.8, 4) is 0 Å². The second kappa shape index (κ2) is 7.36. The quantitative estimate of drug-likeness (QED) is 0.337. The molecule has 1 aliphatic rings. The number of oxime groups is 1. The number of amides is 1. The zero-order valence-electron chi connectivity index (χ0n) is 12.1. The highest BCUT2D eigenvalue weighted by atomic mass is 32.2. The molecule has 0 heterocycles. The van der Waals surface area contributed by atoms with Gasteiger partial charge in [0.25, 0.3) is 5.91 Å². The van der Waals surface area contributed by atoms with Crippen molar-refractivity contribution in [3.63, 3.8) is 0 Å². The van der Waals surface area contributed by atoms with Crippen LogP contribution in [0.25, 0.3) is 0 Å². The minimum atomic E-state index is -0.101. The Morgan fingerprint density at radius 2 is 2.24 bits per heavy atom. The Balaban J connectivity index is 2.06. The van der Waals surface area contributed by atoms with Gasteiger partial charge >= 0.3 is 0 Å². The third kappa shape index (κ3) is 3.91. The van der Waals surface area contributed by atoms with Crippen LogP contribution < -0.4 is 11.1 Å². The van der Waals surface area contributed by atoms with Gasteiger partial charge in [0.05, 0.1) is 0 Å². The van der Waals surface area contributed by atoms with Gasteiger partial charge in [0.1, 0.15) is 0 Å². The SMILES string of the molecule is CCSC1CCCC1NC(=O)c1cccc(/C(N)=N/O)c1. The van der Waals surface area contributed by atoms with Crippen LogP contribution in [0.3, 0.4) is 0 Å². The fourth-order valence-corrected chi connectivity index (χ4v) is 3.83. The van der Waals surface area contributed by atoms with E-state index >= 15 is 0 Å². The first kappa shape index (κ1) is 15.7. The lowest BCUT2D eigenvalue weighted by molar-refractivity contribution is 0.0938. The molecule has 1 fully saturated rings. The third-order valence-electron chi connectivity index (χ3n) is 3.68. The van der Waals surface area contributed by atoms with Crippen LogP contribution in [0.5, 0.6) is 0 Å². The van der Waals surface area contributed by atoms with E-state index in [2.05, 4.69) is 17.4 Å². The van der Waals surface area contributed by atoms with E-state index in [9.17, 15) is 4.79 Å². The summed E-state index contributed by atoms with van der Waals surface area (Å²) < 4.78 is 0. The van der Waals surface area contributed by atoms with Gasteiger partial charge in [0, 0.05) is 22.4 Å². The second-order valence-electron chi connectivity index (χ2n) is 5.07. The topological polar surface area (TPSA) is 87.7 Å². The van der Waals surface area contributed by atoms with Crippen molar-refractivity contribution >= 4 is 23.5 Å². The number of hydrogen-bond donors (Lipinski definition) is 3. The van der Waals surface area contributed by atoms with Crippen molar-refractivity contribution in [2.24, 2.45) is 10.9 Å². The van der Waals surface area contributed by atoms with Gasteiger partial charge in [-0.3, -0.25) is 4.79 Å². The van der Waals surface area contributed by atoms with Crippen LogP contribution in [0.1, 0.15) is 42.1 Å². The lowest BCUT2D eigenvalue weighted by Crippen LogP contribution is -2.38. The largest absolute Gasteiger partial charge is 0.409 e. The van der Waals surface area contributed by atoms with E-state index in [1.807, 2.05) is 11.8 Å². The molecule has 6 heteroatoms. The number of nitrogens with two attached hydrogens (primary N) is 1. The molecule has 0 aliphatic heterocycles. The molecule has 0 spiro atoms. The first-order valence-corrected chi connectivity index (χ1v) is 8.21. The molecule has 0 bridgehead atoms. The van der Waals surface area contributed by atoms with Gasteiger partial charge < -0.3 is 16.3 Å². The number of rotatable bonds is 5. The molecule has 1 amide bonds. The van der Waals surface area contributed by atoms with E-state index in [-0.39, 0.29) is 17.8 Å². The molecule has 0 radical (unpaired) electrons. The molecule has 4 N–H and O–H groups in total. The molecule has 2 atom stereocenters. The number of carbonyl (C=O) groups is 1. The fraction of sp³-hybridized carbons (Fsp3) is 0.467. The van der Waals surface area contributed by atoms with Crippen LogP contribution in [0, 0.1) is 0 Å². The van der Waals surface area contributed by atoms with Crippen molar-refractivity contribution in [1.82, 2.24) is 5.32 Å². The monoisotopic (exact) mass is 307 g/mol. The summed E-state index contributed by atoms with van der Waals surface area (Å²) in [7, 11) is 0. The molecule has 5 nitrogen and oxygen atoms in total. The van der Waals surface area contributed by atoms with Gasteiger partial charge in [0.2, 0.25) is 0 Å². The predicted octanol–water partition coefficient (Wildman–Crippen LogP) is 2.19. The Morgan fingerprint density at radius 1 is 1.48 bits per heavy atom. The summed E-state index contributed by atoms with van der Waals surface area (Å²) in [5.41, 5.74) is 6.63. The summed E-state index contributed by atoms with van der Waals surface area (Å²) in [5.74, 6) is 0.969. The van der Waals surface area contributed by atoms with Crippen LogP contribution in [-0.4, -0.2) is 34.0 Å². The van der Waals surface area contributed by atoms with Crippen molar-refractivity contribution in [2.45, 2.75) is 37.5 Å². The van der Waals surface area contributed by atoms with E-state index < -0.39 is 0 Å². The number of benzene rings is 1. The highest BCUT2D eigenvalue weighted by molar-refractivity contribution is 7.99. The first-order valence-electron chi connectivity index (χ1n) is 7.16. The maximum absolute atomic E-state index is 12.4. The molecule has 2 rings (SSSR count). The van der Waals surface area contributed by atoms with E-state index in [1.54, 1.807) is 24.3 Å². The molecule has 21 heavy (non-hydrogen) atoms. The van der Waals surface area contributed by atoms with Crippen LogP contribution >= 0.6 is 11.8 Å². The van der Waals surface area contributed by atoms with Gasteiger partial charge in [-0.1, -0.05) is 30.6 Å². The molecule has 1 aromatic carbocycles. The maximum Gasteiger partial charge on any atom is 0.251 e. The van der Waals surface area contributed by atoms with E-state index in [0.29, 0.717) is 16.4 Å². The van der Waals surface area contributed by atoms with Crippen molar-refractivity contribution < 1.29 is 10.0 Å². The van der Waals surface area contributed by atoms with Crippen LogP contribution in [-0.2, 0) is 0 Å². The summed E-state index contributed by atoms with van der Waals surface area (Å²) >= 11 is 1.91. The molecule has 1 saturated carbocycles. The summed E-state index contributed by atoms with van der Waals surface area (Å²) in [6.07, 6.45) is 3.35. The predicted molar refractivity (Wildman–Crippen MR) is 86.0 cm³/mol. The second-order valence-corrected chi connectivity index (χ2v) is 6.59. The average Bonchev–Trinajstić information content (AvgIpc) is 2.94. The van der Waals surface area contributed by atoms with Crippen molar-refractivity contribution in [2.75, 3.05) is 5.75 Å². The Morgan fingerprint density at radius 3 is 2.95 bits per heavy atom. The summed E-state index contributed by atoms with van der Waals surface area (Å²) in [4.78, 5) is 12.4. The lowest BCUT2D eigenvalue weighted by atomic mass is 10.1. The number of thioether (sulfide) groups is 1. The minimum Gasteiger partial charge on any atom is -0.409 e. The molecule has 114 valence electrons. The van der Waals surface area contributed by atoms with Crippen LogP contribution in [0.15, 0.2) is 29.4 Å². The summed E-state index contributed by atoms with van der Waals surface area (Å²) in [6.45, 7) is 2.14. The standard InChI is InChI=1S/C15H21N3O2S/c1-2-21-13-8-4-7-12(13)17-15(19)11-6-3-5-10(9-11)14(16)18-20/h3,5-6,9,12-13,20H,2,4,7-8H2,1H3,(H2,16,18)(H,17,19). The normalized spacial score (nSPS) is 22.2. The van der Waals surface area contributed by atoms with Crippen molar-refractivity contribution in [1.29, 1.82) is 0 Å². The molecular formula is C15H21N3O2S. The van der Waals surface area contributed by atoms with Gasteiger partial charge in [-0.2, -0.15) is 11.8 Å². The number of carbonyl (C=O) groups excluding carboxylic acids is 1. The molecule has 1 aliphatic carbocycles. The zero-order chi connectivity index (χ0) is 15.2. The minimum absolute atomic E-state index is 0.00457. The average molecular weight is 307 g/mol. The van der Waals surface area contributed by atoms with Crippen LogP contribution in [0.2, 0.25) is 0 Å². The van der Waals surface area contributed by atoms with Gasteiger partial charge in [-0.05, 0) is 30.7 Å². The Labute approximate surface area is 129 Å². The summed E-state index contributed by atoms with van der Waals surface area (Å²) in [6, 6.07) is 7.05. The zero-order valence-corrected chi connectivity index (χ0v) is 12.9. The Hall–Kier alpha value is -1.69. The first-order chi connectivity index (χ1) is 10.2. The number of nitrogens with one attached hydrogen (secondary N) is 1. The van der Waals surface area contributed by atoms with Gasteiger partial charge in [0.15, 0.2) is 5.84 Å². The summed E-state index contributed by atoms with van der Waals surface area (Å²) in [5, 5.41) is 15.3. The Kier molecular flexibility index (Phi) is 5.50. The van der Waals surface area contributed by atoms with Gasteiger partial charge in [-0.25, -0.2) is 0 Å². The molecule has 1 aromatic rings. The number of nitrogens with zero attached hydrogens (tertiary/aromatic N) is 1. The van der Waals surface area contributed by atoms with E-state index in [4.69, 9.17) is 10.9 Å². The lowest BCUT2D eigenvalue weighted by Gasteiger charge is -2.20. The molecule has 0 aromatic heterocycles. The van der Waals surface area contributed by atoms with Gasteiger partial charge in [-0.15, -0.1) is 0 Å². The van der Waals surface area contributed by atoms with Crippen LogP contribution in [0.4, 0.5) is 0 Å². The molecule has 0 saturated heterocycles. The highest BCUT2D eigenvalue weighted by Gasteiger charge is 2.28. The fourth-order valence-electron chi connectivity index (χ4n) is 2.63. The van der Waals surface area contributed by atoms with E-state index in [0.717, 1.165) is 25.0 Å². The molecular weight excluding hydrogens is 286 g/mol. The van der Waals surface area contributed by atoms with Crippen molar-refractivity contribution in [3.05, 3.63) is 35.4 Å². The number of amidine groups is 1. The number of hydrogen-bond acceptors (Lipinski definition) is 4. The Bertz CT molecular complexity index is 533. The van der Waals surface area contributed by atoms with E-state index in [1.165, 1.54) is 0 Å². The maximum atomic E-state index is 12.4. The molecule has 2 unspecified atom stereocenters.